The molecule has 6 nitrogen and oxygen atoms in total. The van der Waals surface area contributed by atoms with E-state index < -0.39 is 12.3 Å². The number of hydrogen-bond acceptors (Lipinski definition) is 6. The van der Waals surface area contributed by atoms with Crippen molar-refractivity contribution in [2.24, 2.45) is 11.8 Å². The molecule has 0 saturated heterocycles. The smallest absolute Gasteiger partial charge is 0.434 e. The zero-order valence-corrected chi connectivity index (χ0v) is 30.9. The van der Waals surface area contributed by atoms with E-state index in [1.807, 2.05) is 72.8 Å². The van der Waals surface area contributed by atoms with Crippen LogP contribution in [0.5, 0.6) is 11.5 Å². The lowest BCUT2D eigenvalue weighted by molar-refractivity contribution is 0.0811. The van der Waals surface area contributed by atoms with Gasteiger partial charge >= 0.3 is 12.3 Å². The van der Waals surface area contributed by atoms with Gasteiger partial charge in [-0.15, -0.1) is 0 Å². The standard InChI is InChI=1S/C46H50O6/c1-5-9-19-31(7-3)29-49-45(47)51-43-37-25-15-11-21-33(37)41(34-22-12-16-26-38(34)43)42-35-23-13-17-27-39(35)44(40-28-18-14-24-36(40)42)52-46(48)50-30-32(8-4)20-10-6-2/h11-18,21-28,31-32H,5-10,19-20,29-30H2,1-4H3. The summed E-state index contributed by atoms with van der Waals surface area (Å²) < 4.78 is 23.6. The first-order chi connectivity index (χ1) is 25.5. The van der Waals surface area contributed by atoms with Gasteiger partial charge in [0, 0.05) is 21.5 Å². The Kier molecular flexibility index (Phi) is 12.3. The number of hydrogen-bond donors (Lipinski definition) is 0. The predicted octanol–water partition coefficient (Wildman–Crippen LogP) is 13.4. The van der Waals surface area contributed by atoms with E-state index in [0.717, 1.165) is 106 Å². The summed E-state index contributed by atoms with van der Waals surface area (Å²) in [7, 11) is 0. The van der Waals surface area contributed by atoms with Crippen molar-refractivity contribution >= 4 is 55.4 Å². The molecular weight excluding hydrogens is 648 g/mol. The van der Waals surface area contributed by atoms with Crippen LogP contribution in [0.25, 0.3) is 54.2 Å². The zero-order valence-electron chi connectivity index (χ0n) is 30.9. The Morgan fingerprint density at radius 3 is 1.02 bits per heavy atom. The summed E-state index contributed by atoms with van der Waals surface area (Å²) in [4.78, 5) is 26.6. The van der Waals surface area contributed by atoms with E-state index in [1.54, 1.807) is 0 Å². The molecule has 2 unspecified atom stereocenters. The Morgan fingerprint density at radius 2 is 0.750 bits per heavy atom. The molecule has 6 heteroatoms. The van der Waals surface area contributed by atoms with Crippen LogP contribution in [0.15, 0.2) is 97.1 Å². The van der Waals surface area contributed by atoms with Crippen molar-refractivity contribution in [3.8, 4) is 22.6 Å². The van der Waals surface area contributed by atoms with Gasteiger partial charge in [0.05, 0.1) is 13.2 Å². The topological polar surface area (TPSA) is 71.1 Å². The Hall–Kier alpha value is -5.10. The van der Waals surface area contributed by atoms with E-state index in [2.05, 4.69) is 52.0 Å². The van der Waals surface area contributed by atoms with Gasteiger partial charge < -0.3 is 18.9 Å². The van der Waals surface area contributed by atoms with Gasteiger partial charge in [0.2, 0.25) is 0 Å². The third-order valence-corrected chi connectivity index (χ3v) is 10.3. The molecular formula is C46H50O6. The fourth-order valence-electron chi connectivity index (χ4n) is 7.33. The number of fused-ring (bicyclic) bond motifs is 4. The number of carbonyl (C=O) groups excluding carboxylic acids is 2. The van der Waals surface area contributed by atoms with Crippen molar-refractivity contribution < 1.29 is 28.5 Å². The fourth-order valence-corrected chi connectivity index (χ4v) is 7.33. The molecule has 0 amide bonds. The minimum atomic E-state index is -0.696. The van der Waals surface area contributed by atoms with Crippen molar-refractivity contribution in [2.45, 2.75) is 79.1 Å². The van der Waals surface area contributed by atoms with E-state index in [9.17, 15) is 9.59 Å². The van der Waals surface area contributed by atoms with Crippen molar-refractivity contribution in [2.75, 3.05) is 13.2 Å². The summed E-state index contributed by atoms with van der Waals surface area (Å²) in [5.41, 5.74) is 2.00. The Bertz CT molecular complexity index is 1900. The Labute approximate surface area is 307 Å². The molecule has 0 heterocycles. The summed E-state index contributed by atoms with van der Waals surface area (Å²) in [6.45, 7) is 9.27. The minimum Gasteiger partial charge on any atom is -0.434 e. The molecule has 0 aromatic heterocycles. The maximum absolute atomic E-state index is 13.3. The monoisotopic (exact) mass is 698 g/mol. The first-order valence-corrected chi connectivity index (χ1v) is 19.0. The number of unbranched alkanes of at least 4 members (excludes halogenated alkanes) is 2. The second-order valence-electron chi connectivity index (χ2n) is 13.7. The van der Waals surface area contributed by atoms with Crippen molar-refractivity contribution in [3.63, 3.8) is 0 Å². The lowest BCUT2D eigenvalue weighted by Crippen LogP contribution is -2.17. The van der Waals surface area contributed by atoms with Crippen LogP contribution in [0.1, 0.15) is 79.1 Å². The van der Waals surface area contributed by atoms with Gasteiger partial charge in [-0.05, 0) is 57.3 Å². The van der Waals surface area contributed by atoms with Crippen LogP contribution >= 0.6 is 0 Å². The first kappa shape index (κ1) is 36.7. The lowest BCUT2D eigenvalue weighted by Gasteiger charge is -2.21. The summed E-state index contributed by atoms with van der Waals surface area (Å²) in [6.07, 6.45) is 6.96. The SMILES string of the molecule is CCCCC(CC)COC(=O)Oc1c2ccccc2c(-c2c3ccccc3c(OC(=O)OCC(CC)CCCC)c3ccccc23)c2ccccc12. The van der Waals surface area contributed by atoms with Crippen LogP contribution < -0.4 is 9.47 Å². The van der Waals surface area contributed by atoms with E-state index in [4.69, 9.17) is 18.9 Å². The van der Waals surface area contributed by atoms with Crippen LogP contribution in [0.4, 0.5) is 9.59 Å². The molecule has 0 aliphatic heterocycles. The third kappa shape index (κ3) is 7.86. The minimum absolute atomic E-state index is 0.304. The fraction of sp³-hybridized carbons (Fsp3) is 0.348. The number of carbonyl (C=O) groups is 2. The number of ether oxygens (including phenoxy) is 4. The molecule has 0 radical (unpaired) electrons. The van der Waals surface area contributed by atoms with Gasteiger partial charge in [0.1, 0.15) is 11.5 Å². The average Bonchev–Trinajstić information content (AvgIpc) is 3.18. The van der Waals surface area contributed by atoms with Gasteiger partial charge in [-0.3, -0.25) is 0 Å². The Balaban J connectivity index is 1.47. The summed E-state index contributed by atoms with van der Waals surface area (Å²) in [5.74, 6) is 1.56. The molecule has 0 saturated carbocycles. The summed E-state index contributed by atoms with van der Waals surface area (Å²) >= 11 is 0. The molecule has 0 aliphatic rings. The van der Waals surface area contributed by atoms with Crippen LogP contribution in [0.3, 0.4) is 0 Å². The van der Waals surface area contributed by atoms with Crippen LogP contribution in [-0.4, -0.2) is 25.5 Å². The van der Waals surface area contributed by atoms with Gasteiger partial charge in [-0.1, -0.05) is 163 Å². The molecule has 0 bridgehead atoms. The summed E-state index contributed by atoms with van der Waals surface area (Å²) in [5, 5.41) is 6.93. The third-order valence-electron chi connectivity index (χ3n) is 10.3. The molecule has 52 heavy (non-hydrogen) atoms. The highest BCUT2D eigenvalue weighted by Crippen LogP contribution is 2.49. The normalized spacial score (nSPS) is 12.6. The van der Waals surface area contributed by atoms with E-state index in [0.29, 0.717) is 36.5 Å². The highest BCUT2D eigenvalue weighted by Gasteiger charge is 2.25. The van der Waals surface area contributed by atoms with E-state index >= 15 is 0 Å². The van der Waals surface area contributed by atoms with Crippen molar-refractivity contribution in [1.82, 2.24) is 0 Å². The average molecular weight is 699 g/mol. The van der Waals surface area contributed by atoms with Crippen LogP contribution in [0, 0.1) is 11.8 Å². The van der Waals surface area contributed by atoms with Gasteiger partial charge in [-0.25, -0.2) is 9.59 Å². The second kappa shape index (κ2) is 17.4. The number of benzene rings is 6. The largest absolute Gasteiger partial charge is 0.513 e. The predicted molar refractivity (Wildman–Crippen MR) is 212 cm³/mol. The van der Waals surface area contributed by atoms with Crippen LogP contribution in [-0.2, 0) is 9.47 Å². The molecule has 270 valence electrons. The van der Waals surface area contributed by atoms with Gasteiger partial charge in [0.25, 0.3) is 0 Å². The molecule has 6 rings (SSSR count). The molecule has 2 atom stereocenters. The zero-order chi connectivity index (χ0) is 36.5. The lowest BCUT2D eigenvalue weighted by atomic mass is 9.85. The second-order valence-corrected chi connectivity index (χ2v) is 13.7. The molecule has 0 N–H and O–H groups in total. The Morgan fingerprint density at radius 1 is 0.462 bits per heavy atom. The van der Waals surface area contributed by atoms with E-state index in [-0.39, 0.29) is 0 Å². The highest BCUT2D eigenvalue weighted by molar-refractivity contribution is 6.26. The van der Waals surface area contributed by atoms with Crippen molar-refractivity contribution in [1.29, 1.82) is 0 Å². The molecule has 0 spiro atoms. The summed E-state index contributed by atoms with van der Waals surface area (Å²) in [6, 6.07) is 32.1. The van der Waals surface area contributed by atoms with Gasteiger partial charge in [-0.2, -0.15) is 0 Å². The molecule has 6 aromatic rings. The quantitative estimate of drug-likeness (QED) is 0.0604. The van der Waals surface area contributed by atoms with Crippen LogP contribution in [0.2, 0.25) is 0 Å². The molecule has 6 aromatic carbocycles. The highest BCUT2D eigenvalue weighted by atomic mass is 16.7. The first-order valence-electron chi connectivity index (χ1n) is 19.0. The molecule has 0 fully saturated rings. The maximum atomic E-state index is 13.3. The maximum Gasteiger partial charge on any atom is 0.513 e. The molecule has 0 aliphatic carbocycles. The van der Waals surface area contributed by atoms with Crippen molar-refractivity contribution in [3.05, 3.63) is 97.1 Å². The van der Waals surface area contributed by atoms with E-state index in [1.165, 1.54) is 0 Å². The number of rotatable bonds is 15. The van der Waals surface area contributed by atoms with Gasteiger partial charge in [0.15, 0.2) is 0 Å².